The van der Waals surface area contributed by atoms with E-state index in [9.17, 15) is 0 Å². The van der Waals surface area contributed by atoms with E-state index in [4.69, 9.17) is 0 Å². The van der Waals surface area contributed by atoms with Crippen LogP contribution < -0.4 is 20.7 Å². The van der Waals surface area contributed by atoms with Crippen LogP contribution in [0.3, 0.4) is 0 Å². The Morgan fingerprint density at radius 2 is 1.29 bits per heavy atom. The van der Waals surface area contributed by atoms with Crippen molar-refractivity contribution in [3.63, 3.8) is 0 Å². The first kappa shape index (κ1) is 21.5. The van der Waals surface area contributed by atoms with Gasteiger partial charge in [-0.25, -0.2) is 0 Å². The van der Waals surface area contributed by atoms with E-state index in [1.807, 2.05) is 6.07 Å². The molecule has 0 bridgehead atoms. The predicted molar refractivity (Wildman–Crippen MR) is 147 cm³/mol. The van der Waals surface area contributed by atoms with Crippen molar-refractivity contribution in [2.45, 2.75) is 0 Å². The number of nitrogens with one attached hydrogen (secondary N) is 1. The molecule has 0 aliphatic carbocycles. The first-order valence-electron chi connectivity index (χ1n) is 11.5. The molecular weight excluding hydrogens is 412 g/mol. The Morgan fingerprint density at radius 3 is 1.97 bits per heavy atom. The lowest BCUT2D eigenvalue weighted by Gasteiger charge is -2.17. The molecule has 0 aliphatic rings. The number of rotatable bonds is 5. The highest BCUT2D eigenvalue weighted by Gasteiger charge is 2.13. The minimum atomic E-state index is 1.01. The van der Waals surface area contributed by atoms with E-state index in [0.717, 1.165) is 16.6 Å². The SMILES string of the molecule is C=c1ccc(=C(c2ccc(N(C)C)cc2)c2ccc(Nc3ccccc3)c3ccccc23)cc1. The third kappa shape index (κ3) is 4.31. The van der Waals surface area contributed by atoms with Gasteiger partial charge < -0.3 is 10.2 Å². The van der Waals surface area contributed by atoms with Crippen LogP contribution >= 0.6 is 0 Å². The average molecular weight is 441 g/mol. The summed E-state index contributed by atoms with van der Waals surface area (Å²) >= 11 is 0. The van der Waals surface area contributed by atoms with Crippen LogP contribution in [0.25, 0.3) is 22.9 Å². The van der Waals surface area contributed by atoms with Gasteiger partial charge in [-0.3, -0.25) is 0 Å². The van der Waals surface area contributed by atoms with Gasteiger partial charge in [0.2, 0.25) is 0 Å². The molecule has 0 saturated heterocycles. The van der Waals surface area contributed by atoms with E-state index in [1.165, 1.54) is 38.4 Å². The zero-order valence-electron chi connectivity index (χ0n) is 19.6. The van der Waals surface area contributed by atoms with Crippen molar-refractivity contribution in [2.24, 2.45) is 0 Å². The first-order valence-corrected chi connectivity index (χ1v) is 11.5. The van der Waals surface area contributed by atoms with Crippen molar-refractivity contribution in [3.05, 3.63) is 137 Å². The average Bonchev–Trinajstić information content (AvgIpc) is 2.87. The minimum absolute atomic E-state index is 1.01. The quantitative estimate of drug-likeness (QED) is 0.345. The van der Waals surface area contributed by atoms with Gasteiger partial charge in [0, 0.05) is 36.5 Å². The minimum Gasteiger partial charge on any atom is -0.378 e. The lowest BCUT2D eigenvalue weighted by atomic mass is 9.90. The zero-order valence-corrected chi connectivity index (χ0v) is 19.6. The van der Waals surface area contributed by atoms with Crippen molar-refractivity contribution in [1.82, 2.24) is 0 Å². The van der Waals surface area contributed by atoms with Gasteiger partial charge in [0.1, 0.15) is 0 Å². The summed E-state index contributed by atoms with van der Waals surface area (Å²) in [5, 5.41) is 8.20. The summed E-state index contributed by atoms with van der Waals surface area (Å²) in [6.45, 7) is 4.08. The Bertz CT molecular complexity index is 1530. The van der Waals surface area contributed by atoms with Gasteiger partial charge in [0.25, 0.3) is 0 Å². The number of benzene rings is 5. The van der Waals surface area contributed by atoms with Crippen LogP contribution in [-0.4, -0.2) is 14.1 Å². The van der Waals surface area contributed by atoms with E-state index in [1.54, 1.807) is 0 Å². The van der Waals surface area contributed by atoms with Gasteiger partial charge in [0.05, 0.1) is 0 Å². The van der Waals surface area contributed by atoms with Gasteiger partial charge in [-0.1, -0.05) is 91.5 Å². The number of hydrogen-bond donors (Lipinski definition) is 1. The second-order valence-corrected chi connectivity index (χ2v) is 8.71. The number of hydrogen-bond acceptors (Lipinski definition) is 2. The lowest BCUT2D eigenvalue weighted by Crippen LogP contribution is -2.12. The molecule has 0 fully saturated rings. The van der Waals surface area contributed by atoms with Crippen molar-refractivity contribution in [3.8, 4) is 0 Å². The highest BCUT2D eigenvalue weighted by Crippen LogP contribution is 2.34. The van der Waals surface area contributed by atoms with Crippen LogP contribution in [0.4, 0.5) is 17.1 Å². The number of para-hydroxylation sites is 1. The largest absolute Gasteiger partial charge is 0.378 e. The van der Waals surface area contributed by atoms with Crippen LogP contribution in [0.1, 0.15) is 11.1 Å². The van der Waals surface area contributed by atoms with Gasteiger partial charge in [0.15, 0.2) is 0 Å². The molecule has 0 heterocycles. The second kappa shape index (κ2) is 9.29. The van der Waals surface area contributed by atoms with E-state index < -0.39 is 0 Å². The summed E-state index contributed by atoms with van der Waals surface area (Å²) in [5.41, 5.74) is 6.98. The Kier molecular flexibility index (Phi) is 5.88. The Hall–Kier alpha value is -4.30. The molecule has 0 atom stereocenters. The Morgan fingerprint density at radius 1 is 0.647 bits per heavy atom. The van der Waals surface area contributed by atoms with Gasteiger partial charge in [-0.15, -0.1) is 0 Å². The van der Waals surface area contributed by atoms with Crippen molar-refractivity contribution in [1.29, 1.82) is 0 Å². The highest BCUT2D eigenvalue weighted by molar-refractivity contribution is 6.04. The molecule has 5 aromatic carbocycles. The molecule has 34 heavy (non-hydrogen) atoms. The molecule has 5 rings (SSSR count). The van der Waals surface area contributed by atoms with Crippen LogP contribution in [0.5, 0.6) is 0 Å². The van der Waals surface area contributed by atoms with Crippen LogP contribution in [0.2, 0.25) is 0 Å². The molecule has 0 radical (unpaired) electrons. The second-order valence-electron chi connectivity index (χ2n) is 8.71. The topological polar surface area (TPSA) is 15.3 Å². The molecule has 2 nitrogen and oxygen atoms in total. The first-order chi connectivity index (χ1) is 16.6. The maximum absolute atomic E-state index is 4.08. The van der Waals surface area contributed by atoms with Gasteiger partial charge >= 0.3 is 0 Å². The third-order valence-corrected chi connectivity index (χ3v) is 6.16. The summed E-state index contributed by atoms with van der Waals surface area (Å²) in [4.78, 5) is 2.13. The fourth-order valence-corrected chi connectivity index (χ4v) is 4.38. The fourth-order valence-electron chi connectivity index (χ4n) is 4.38. The van der Waals surface area contributed by atoms with E-state index in [0.29, 0.717) is 0 Å². The van der Waals surface area contributed by atoms with Crippen molar-refractivity contribution < 1.29 is 0 Å². The molecule has 5 aromatic rings. The molecule has 0 spiro atoms. The smallest absolute Gasteiger partial charge is 0.0464 e. The molecule has 1 N–H and O–H groups in total. The zero-order chi connectivity index (χ0) is 23.5. The molecule has 0 aliphatic heterocycles. The summed E-state index contributed by atoms with van der Waals surface area (Å²) in [6.07, 6.45) is 0. The van der Waals surface area contributed by atoms with E-state index in [2.05, 4.69) is 140 Å². The molecule has 2 heteroatoms. The molecular formula is C32H28N2. The maximum Gasteiger partial charge on any atom is 0.0464 e. The molecule has 0 unspecified atom stereocenters. The van der Waals surface area contributed by atoms with Gasteiger partial charge in [-0.2, -0.15) is 0 Å². The normalized spacial score (nSPS) is 10.8. The molecule has 0 amide bonds. The maximum atomic E-state index is 4.08. The Balaban J connectivity index is 1.74. The van der Waals surface area contributed by atoms with Crippen LogP contribution in [0, 0.1) is 0 Å². The number of anilines is 3. The Labute approximate surface area is 201 Å². The van der Waals surface area contributed by atoms with E-state index >= 15 is 0 Å². The summed E-state index contributed by atoms with van der Waals surface area (Å²) in [7, 11) is 4.14. The summed E-state index contributed by atoms with van der Waals surface area (Å²) < 4.78 is 0. The summed E-state index contributed by atoms with van der Waals surface area (Å²) in [6, 6.07) is 40.7. The third-order valence-electron chi connectivity index (χ3n) is 6.16. The van der Waals surface area contributed by atoms with E-state index in [-0.39, 0.29) is 0 Å². The standard InChI is InChI=1S/C32H28N2/c1-23-13-15-24(16-14-23)32(25-17-19-27(20-18-25)34(2)3)30-21-22-31(29-12-8-7-11-28(29)30)33-26-9-5-4-6-10-26/h4-22,33H,1H2,2-3H3. The monoisotopic (exact) mass is 440 g/mol. The highest BCUT2D eigenvalue weighted by atomic mass is 15.1. The predicted octanol–water partition coefficient (Wildman–Crippen LogP) is 6.31. The molecule has 166 valence electrons. The van der Waals surface area contributed by atoms with Crippen molar-refractivity contribution in [2.75, 3.05) is 24.3 Å². The van der Waals surface area contributed by atoms with Gasteiger partial charge in [-0.05, 0) is 62.9 Å². The lowest BCUT2D eigenvalue weighted by molar-refractivity contribution is 1.13. The van der Waals surface area contributed by atoms with Crippen molar-refractivity contribution >= 4 is 40.0 Å². The number of fused-ring (bicyclic) bond motifs is 1. The molecule has 0 aromatic heterocycles. The van der Waals surface area contributed by atoms with Crippen LogP contribution in [0.15, 0.2) is 115 Å². The van der Waals surface area contributed by atoms with Crippen LogP contribution in [-0.2, 0) is 0 Å². The summed E-state index contributed by atoms with van der Waals surface area (Å²) in [5.74, 6) is 0. The molecule has 0 saturated carbocycles. The number of nitrogens with zero attached hydrogens (tertiary/aromatic N) is 1. The fraction of sp³-hybridized carbons (Fsp3) is 0.0625.